The van der Waals surface area contributed by atoms with Crippen LogP contribution >= 0.6 is 11.6 Å². The van der Waals surface area contributed by atoms with Crippen LogP contribution in [-0.2, 0) is 9.53 Å². The Kier molecular flexibility index (Phi) is 3.28. The molecule has 0 bridgehead atoms. The number of amides is 1. The van der Waals surface area contributed by atoms with Crippen molar-refractivity contribution in [3.8, 4) is 0 Å². The fourth-order valence-electron chi connectivity index (χ4n) is 1.70. The number of ether oxygens (including phenoxy) is 1. The molecular weight excluding hydrogens is 244 g/mol. The van der Waals surface area contributed by atoms with E-state index in [1.54, 1.807) is 0 Å². The molecule has 1 saturated heterocycles. The second-order valence-electron chi connectivity index (χ2n) is 3.70. The lowest BCUT2D eigenvalue weighted by molar-refractivity contribution is -0.117. The highest BCUT2D eigenvalue weighted by Gasteiger charge is 2.30. The molecule has 1 unspecified atom stereocenters. The molecule has 1 aliphatic rings. The van der Waals surface area contributed by atoms with Gasteiger partial charge in [0.15, 0.2) is 0 Å². The fraction of sp³-hybridized carbons (Fsp3) is 0.364. The molecule has 6 heteroatoms. The number of esters is 1. The van der Waals surface area contributed by atoms with Crippen LogP contribution in [0.25, 0.3) is 0 Å². The first-order chi connectivity index (χ1) is 8.11. The number of carbonyl (C=O) groups excluding carboxylic acids is 2. The van der Waals surface area contributed by atoms with Crippen LogP contribution in [-0.4, -0.2) is 35.9 Å². The number of hydrogen-bond donors (Lipinski definition) is 0. The van der Waals surface area contributed by atoms with Crippen LogP contribution in [0.1, 0.15) is 16.8 Å². The molecule has 1 aromatic rings. The van der Waals surface area contributed by atoms with Gasteiger partial charge in [0.1, 0.15) is 5.82 Å². The monoisotopic (exact) mass is 254 g/mol. The number of hydrogen-bond acceptors (Lipinski definition) is 4. The normalized spacial score (nSPS) is 19.5. The minimum Gasteiger partial charge on any atom is -0.465 e. The number of nitrogens with zero attached hydrogens (tertiary/aromatic N) is 2. The Hall–Kier alpha value is -1.62. The summed E-state index contributed by atoms with van der Waals surface area (Å²) in [6.07, 6.45) is 1.77. The highest BCUT2D eigenvalue weighted by Crippen LogP contribution is 2.23. The lowest BCUT2D eigenvalue weighted by Crippen LogP contribution is -2.25. The molecule has 2 heterocycles. The fourth-order valence-corrected chi connectivity index (χ4v) is 1.97. The van der Waals surface area contributed by atoms with Crippen LogP contribution in [0.4, 0.5) is 5.82 Å². The van der Waals surface area contributed by atoms with E-state index >= 15 is 0 Å². The molecule has 1 aromatic heterocycles. The van der Waals surface area contributed by atoms with Crippen LogP contribution in [0.2, 0.25) is 0 Å². The average molecular weight is 255 g/mol. The van der Waals surface area contributed by atoms with Gasteiger partial charge in [-0.25, -0.2) is 9.78 Å². The topological polar surface area (TPSA) is 59.5 Å². The number of halogens is 1. The molecule has 1 amide bonds. The van der Waals surface area contributed by atoms with E-state index in [1.165, 1.54) is 30.3 Å². The predicted molar refractivity (Wildman–Crippen MR) is 62.2 cm³/mol. The molecule has 1 atom stereocenters. The summed E-state index contributed by atoms with van der Waals surface area (Å²) >= 11 is 5.90. The molecule has 0 aromatic carbocycles. The standard InChI is InChI=1S/C11H11ClN2O3/c1-17-11(16)7-2-3-13-9(4-7)14-6-8(12)5-10(14)15/h2-4,8H,5-6H2,1H3. The van der Waals surface area contributed by atoms with E-state index < -0.39 is 5.97 Å². The summed E-state index contributed by atoms with van der Waals surface area (Å²) in [5.41, 5.74) is 0.364. The number of carbonyl (C=O) groups is 2. The first-order valence-electron chi connectivity index (χ1n) is 5.10. The summed E-state index contributed by atoms with van der Waals surface area (Å²) in [5, 5.41) is -0.203. The number of methoxy groups -OCH3 is 1. The molecule has 0 spiro atoms. The van der Waals surface area contributed by atoms with Crippen molar-refractivity contribution in [3.63, 3.8) is 0 Å². The van der Waals surface area contributed by atoms with Crippen LogP contribution in [0.5, 0.6) is 0 Å². The van der Waals surface area contributed by atoms with E-state index in [9.17, 15) is 9.59 Å². The lowest BCUT2D eigenvalue weighted by Gasteiger charge is -2.14. The van der Waals surface area contributed by atoms with Crippen molar-refractivity contribution in [1.29, 1.82) is 0 Å². The lowest BCUT2D eigenvalue weighted by atomic mass is 10.2. The van der Waals surface area contributed by atoms with E-state index in [-0.39, 0.29) is 11.3 Å². The van der Waals surface area contributed by atoms with Crippen molar-refractivity contribution in [2.45, 2.75) is 11.8 Å². The molecule has 2 rings (SSSR count). The van der Waals surface area contributed by atoms with Crippen LogP contribution in [0, 0.1) is 0 Å². The van der Waals surface area contributed by atoms with Gasteiger partial charge < -0.3 is 4.74 Å². The number of pyridine rings is 1. The molecule has 0 N–H and O–H groups in total. The Balaban J connectivity index is 2.27. The number of aromatic nitrogens is 1. The van der Waals surface area contributed by atoms with Gasteiger partial charge in [0, 0.05) is 19.2 Å². The zero-order chi connectivity index (χ0) is 12.4. The molecular formula is C11H11ClN2O3. The first kappa shape index (κ1) is 11.9. The Morgan fingerprint density at radius 3 is 3.00 bits per heavy atom. The van der Waals surface area contributed by atoms with Crippen molar-refractivity contribution in [2.24, 2.45) is 0 Å². The highest BCUT2D eigenvalue weighted by atomic mass is 35.5. The zero-order valence-corrected chi connectivity index (χ0v) is 9.98. The molecule has 1 fully saturated rings. The Bertz CT molecular complexity index is 464. The van der Waals surface area contributed by atoms with Gasteiger partial charge >= 0.3 is 5.97 Å². The van der Waals surface area contributed by atoms with Gasteiger partial charge in [0.2, 0.25) is 5.91 Å². The smallest absolute Gasteiger partial charge is 0.338 e. The second-order valence-corrected chi connectivity index (χ2v) is 4.32. The SMILES string of the molecule is COC(=O)c1ccnc(N2CC(Cl)CC2=O)c1. The van der Waals surface area contributed by atoms with E-state index in [2.05, 4.69) is 9.72 Å². The van der Waals surface area contributed by atoms with Gasteiger partial charge in [-0.2, -0.15) is 0 Å². The van der Waals surface area contributed by atoms with Crippen molar-refractivity contribution in [2.75, 3.05) is 18.6 Å². The van der Waals surface area contributed by atoms with Crippen molar-refractivity contribution in [1.82, 2.24) is 4.98 Å². The zero-order valence-electron chi connectivity index (χ0n) is 9.22. The molecule has 0 saturated carbocycles. The van der Waals surface area contributed by atoms with Crippen LogP contribution < -0.4 is 4.90 Å². The largest absolute Gasteiger partial charge is 0.465 e. The van der Waals surface area contributed by atoms with Gasteiger partial charge in [-0.15, -0.1) is 11.6 Å². The van der Waals surface area contributed by atoms with Gasteiger partial charge in [0.25, 0.3) is 0 Å². The summed E-state index contributed by atoms with van der Waals surface area (Å²) in [4.78, 5) is 28.5. The Labute approximate surface area is 103 Å². The van der Waals surface area contributed by atoms with Crippen molar-refractivity contribution in [3.05, 3.63) is 23.9 Å². The summed E-state index contributed by atoms with van der Waals surface area (Å²) in [6, 6.07) is 3.06. The van der Waals surface area contributed by atoms with E-state index in [0.717, 1.165) is 0 Å². The average Bonchev–Trinajstić information content (AvgIpc) is 2.67. The van der Waals surface area contributed by atoms with Crippen molar-refractivity contribution >= 4 is 29.3 Å². The number of anilines is 1. The third-order valence-corrected chi connectivity index (χ3v) is 2.81. The van der Waals surface area contributed by atoms with Gasteiger partial charge in [-0.3, -0.25) is 9.69 Å². The Morgan fingerprint density at radius 2 is 2.41 bits per heavy atom. The maximum Gasteiger partial charge on any atom is 0.338 e. The molecule has 0 radical (unpaired) electrons. The third kappa shape index (κ3) is 2.39. The summed E-state index contributed by atoms with van der Waals surface area (Å²) in [6.45, 7) is 0.415. The van der Waals surface area contributed by atoms with Crippen molar-refractivity contribution < 1.29 is 14.3 Å². The van der Waals surface area contributed by atoms with Gasteiger partial charge in [-0.1, -0.05) is 0 Å². The third-order valence-electron chi connectivity index (χ3n) is 2.52. The van der Waals surface area contributed by atoms with E-state index in [4.69, 9.17) is 11.6 Å². The quantitative estimate of drug-likeness (QED) is 0.588. The molecule has 5 nitrogen and oxygen atoms in total. The summed E-state index contributed by atoms with van der Waals surface area (Å²) < 4.78 is 4.61. The highest BCUT2D eigenvalue weighted by molar-refractivity contribution is 6.24. The van der Waals surface area contributed by atoms with Crippen LogP contribution in [0.15, 0.2) is 18.3 Å². The van der Waals surface area contributed by atoms with E-state index in [0.29, 0.717) is 24.3 Å². The van der Waals surface area contributed by atoms with Crippen LogP contribution in [0.3, 0.4) is 0 Å². The molecule has 90 valence electrons. The minimum atomic E-state index is -0.456. The maximum absolute atomic E-state index is 11.6. The minimum absolute atomic E-state index is 0.0838. The van der Waals surface area contributed by atoms with Gasteiger partial charge in [0.05, 0.1) is 18.1 Å². The number of rotatable bonds is 2. The van der Waals surface area contributed by atoms with Gasteiger partial charge in [-0.05, 0) is 12.1 Å². The number of alkyl halides is 1. The second kappa shape index (κ2) is 4.71. The molecule has 17 heavy (non-hydrogen) atoms. The summed E-state index contributed by atoms with van der Waals surface area (Å²) in [7, 11) is 1.30. The predicted octanol–water partition coefficient (Wildman–Crippen LogP) is 1.21. The first-order valence-corrected chi connectivity index (χ1v) is 5.54. The Morgan fingerprint density at radius 1 is 1.65 bits per heavy atom. The molecule has 1 aliphatic heterocycles. The maximum atomic E-state index is 11.6. The summed E-state index contributed by atoms with van der Waals surface area (Å²) in [5.74, 6) is -0.108. The van der Waals surface area contributed by atoms with E-state index in [1.807, 2.05) is 0 Å². The molecule has 0 aliphatic carbocycles.